The predicted molar refractivity (Wildman–Crippen MR) is 79.6 cm³/mol. The highest BCUT2D eigenvalue weighted by molar-refractivity contribution is 7.99. The molecular formula is C13H19Cl2NS. The molecule has 1 aromatic carbocycles. The molecule has 4 heteroatoms. The molecule has 0 saturated heterocycles. The van der Waals surface area contributed by atoms with Crippen LogP contribution in [-0.4, -0.2) is 18.3 Å². The van der Waals surface area contributed by atoms with Gasteiger partial charge in [0.25, 0.3) is 0 Å². The Morgan fingerprint density at radius 2 is 2.12 bits per heavy atom. The van der Waals surface area contributed by atoms with Crippen LogP contribution in [0.1, 0.15) is 26.7 Å². The van der Waals surface area contributed by atoms with E-state index in [1.807, 2.05) is 18.2 Å². The van der Waals surface area contributed by atoms with Gasteiger partial charge in [-0.1, -0.05) is 36.5 Å². The summed E-state index contributed by atoms with van der Waals surface area (Å²) in [4.78, 5) is 1.06. The maximum absolute atomic E-state index is 6.09. The van der Waals surface area contributed by atoms with Crippen LogP contribution in [0, 0.1) is 0 Å². The fourth-order valence-corrected chi connectivity index (χ4v) is 2.96. The Morgan fingerprint density at radius 3 is 2.82 bits per heavy atom. The summed E-state index contributed by atoms with van der Waals surface area (Å²) in [6.45, 7) is 5.42. The van der Waals surface area contributed by atoms with Gasteiger partial charge in [-0.2, -0.15) is 0 Å². The SMILES string of the molecule is CCCC(C)NCCSc1cc(Cl)ccc1Cl. The van der Waals surface area contributed by atoms with Gasteiger partial charge in [0, 0.05) is 28.3 Å². The number of thioether (sulfide) groups is 1. The van der Waals surface area contributed by atoms with E-state index in [1.165, 1.54) is 12.8 Å². The third-order valence-corrected chi connectivity index (χ3v) is 4.20. The monoisotopic (exact) mass is 291 g/mol. The van der Waals surface area contributed by atoms with E-state index in [0.29, 0.717) is 6.04 Å². The molecule has 17 heavy (non-hydrogen) atoms. The number of benzene rings is 1. The van der Waals surface area contributed by atoms with Crippen molar-refractivity contribution in [3.8, 4) is 0 Å². The first-order chi connectivity index (χ1) is 8.13. The maximum Gasteiger partial charge on any atom is 0.0542 e. The Morgan fingerprint density at radius 1 is 1.35 bits per heavy atom. The van der Waals surface area contributed by atoms with Crippen molar-refractivity contribution in [2.24, 2.45) is 0 Å². The maximum atomic E-state index is 6.09. The zero-order valence-corrected chi connectivity index (χ0v) is 12.6. The van der Waals surface area contributed by atoms with E-state index < -0.39 is 0 Å². The van der Waals surface area contributed by atoms with E-state index in [-0.39, 0.29) is 0 Å². The highest BCUT2D eigenvalue weighted by Crippen LogP contribution is 2.29. The molecule has 1 unspecified atom stereocenters. The van der Waals surface area contributed by atoms with E-state index in [0.717, 1.165) is 27.2 Å². The average Bonchev–Trinajstić information content (AvgIpc) is 2.29. The number of nitrogens with one attached hydrogen (secondary N) is 1. The van der Waals surface area contributed by atoms with E-state index in [4.69, 9.17) is 23.2 Å². The molecule has 0 aliphatic heterocycles. The molecule has 1 atom stereocenters. The van der Waals surface area contributed by atoms with Crippen molar-refractivity contribution in [1.82, 2.24) is 5.32 Å². The molecule has 0 aromatic heterocycles. The van der Waals surface area contributed by atoms with Gasteiger partial charge < -0.3 is 5.32 Å². The molecule has 0 aliphatic rings. The van der Waals surface area contributed by atoms with Crippen LogP contribution in [0.2, 0.25) is 10.0 Å². The highest BCUT2D eigenvalue weighted by atomic mass is 35.5. The Bertz CT molecular complexity index is 344. The summed E-state index contributed by atoms with van der Waals surface area (Å²) in [5.74, 6) is 1.01. The largest absolute Gasteiger partial charge is 0.313 e. The molecule has 0 heterocycles. The Hall–Kier alpha value is 0.110. The van der Waals surface area contributed by atoms with Crippen LogP contribution in [0.25, 0.3) is 0 Å². The predicted octanol–water partition coefficient (Wildman–Crippen LogP) is 4.86. The summed E-state index contributed by atoms with van der Waals surface area (Å²) >= 11 is 13.8. The van der Waals surface area contributed by atoms with Gasteiger partial charge in [0.05, 0.1) is 5.02 Å². The summed E-state index contributed by atoms with van der Waals surface area (Å²) in [6.07, 6.45) is 2.45. The van der Waals surface area contributed by atoms with Gasteiger partial charge in [-0.3, -0.25) is 0 Å². The lowest BCUT2D eigenvalue weighted by atomic mass is 10.2. The number of rotatable bonds is 7. The van der Waals surface area contributed by atoms with Crippen LogP contribution in [0.15, 0.2) is 23.1 Å². The van der Waals surface area contributed by atoms with Gasteiger partial charge in [-0.15, -0.1) is 11.8 Å². The normalized spacial score (nSPS) is 12.7. The molecule has 0 amide bonds. The molecule has 1 N–H and O–H groups in total. The van der Waals surface area contributed by atoms with Crippen molar-refractivity contribution < 1.29 is 0 Å². The van der Waals surface area contributed by atoms with Crippen molar-refractivity contribution in [3.63, 3.8) is 0 Å². The third kappa shape index (κ3) is 6.01. The second kappa shape index (κ2) is 8.25. The Balaban J connectivity index is 2.28. The van der Waals surface area contributed by atoms with Crippen LogP contribution in [-0.2, 0) is 0 Å². The second-order valence-corrected chi connectivity index (χ2v) is 6.05. The van der Waals surface area contributed by atoms with E-state index in [2.05, 4.69) is 19.2 Å². The van der Waals surface area contributed by atoms with Crippen LogP contribution in [0.3, 0.4) is 0 Å². The second-order valence-electron chi connectivity index (χ2n) is 4.07. The van der Waals surface area contributed by atoms with Crippen LogP contribution < -0.4 is 5.32 Å². The molecule has 0 bridgehead atoms. The molecule has 1 rings (SSSR count). The minimum absolute atomic E-state index is 0.593. The molecule has 0 aliphatic carbocycles. The van der Waals surface area contributed by atoms with Crippen molar-refractivity contribution in [2.45, 2.75) is 37.6 Å². The molecule has 96 valence electrons. The fraction of sp³-hybridized carbons (Fsp3) is 0.538. The Kier molecular flexibility index (Phi) is 7.36. The van der Waals surface area contributed by atoms with Gasteiger partial charge in [0.2, 0.25) is 0 Å². The topological polar surface area (TPSA) is 12.0 Å². The quantitative estimate of drug-likeness (QED) is 0.568. The number of hydrogen-bond acceptors (Lipinski definition) is 2. The summed E-state index contributed by atoms with van der Waals surface area (Å²) in [5, 5.41) is 5.01. The lowest BCUT2D eigenvalue weighted by Crippen LogP contribution is -2.27. The zero-order chi connectivity index (χ0) is 12.7. The lowest BCUT2D eigenvalue weighted by Gasteiger charge is -2.12. The van der Waals surface area contributed by atoms with Gasteiger partial charge in [0.15, 0.2) is 0 Å². The van der Waals surface area contributed by atoms with Crippen LogP contribution in [0.4, 0.5) is 0 Å². The van der Waals surface area contributed by atoms with Crippen molar-refractivity contribution in [3.05, 3.63) is 28.2 Å². The van der Waals surface area contributed by atoms with Crippen LogP contribution in [0.5, 0.6) is 0 Å². The van der Waals surface area contributed by atoms with Crippen molar-refractivity contribution in [2.75, 3.05) is 12.3 Å². The average molecular weight is 292 g/mol. The van der Waals surface area contributed by atoms with Crippen molar-refractivity contribution in [1.29, 1.82) is 0 Å². The molecule has 0 fully saturated rings. The first-order valence-corrected chi connectivity index (χ1v) is 7.69. The fourth-order valence-electron chi connectivity index (χ4n) is 1.59. The molecule has 0 saturated carbocycles. The highest BCUT2D eigenvalue weighted by Gasteiger charge is 2.03. The van der Waals surface area contributed by atoms with E-state index >= 15 is 0 Å². The summed E-state index contributed by atoms with van der Waals surface area (Å²) < 4.78 is 0. The molecule has 0 spiro atoms. The van der Waals surface area contributed by atoms with Gasteiger partial charge in [-0.25, -0.2) is 0 Å². The third-order valence-electron chi connectivity index (χ3n) is 2.47. The first-order valence-electron chi connectivity index (χ1n) is 5.94. The van der Waals surface area contributed by atoms with Crippen LogP contribution >= 0.6 is 35.0 Å². The molecular weight excluding hydrogens is 273 g/mol. The van der Waals surface area contributed by atoms with Gasteiger partial charge in [0.1, 0.15) is 0 Å². The molecule has 1 nitrogen and oxygen atoms in total. The molecule has 1 aromatic rings. The van der Waals surface area contributed by atoms with Crippen molar-refractivity contribution >= 4 is 35.0 Å². The van der Waals surface area contributed by atoms with Gasteiger partial charge >= 0.3 is 0 Å². The Labute approximate surface area is 118 Å². The summed E-state index contributed by atoms with van der Waals surface area (Å²) in [6, 6.07) is 6.18. The summed E-state index contributed by atoms with van der Waals surface area (Å²) in [7, 11) is 0. The molecule has 0 radical (unpaired) electrons. The van der Waals surface area contributed by atoms with Gasteiger partial charge in [-0.05, 0) is 31.5 Å². The lowest BCUT2D eigenvalue weighted by molar-refractivity contribution is 0.526. The number of hydrogen-bond donors (Lipinski definition) is 1. The minimum atomic E-state index is 0.593. The first kappa shape index (κ1) is 15.2. The standard InChI is InChI=1S/C13H19Cl2NS/c1-3-4-10(2)16-7-8-17-13-9-11(14)5-6-12(13)15/h5-6,9-10,16H,3-4,7-8H2,1-2H3. The number of halogens is 2. The van der Waals surface area contributed by atoms with E-state index in [9.17, 15) is 0 Å². The smallest absolute Gasteiger partial charge is 0.0542 e. The van der Waals surface area contributed by atoms with E-state index in [1.54, 1.807) is 11.8 Å². The minimum Gasteiger partial charge on any atom is -0.313 e. The summed E-state index contributed by atoms with van der Waals surface area (Å²) in [5.41, 5.74) is 0. The zero-order valence-electron chi connectivity index (χ0n) is 10.3.